The summed E-state index contributed by atoms with van der Waals surface area (Å²) in [5.41, 5.74) is 12.2. The number of hydrogen-bond donors (Lipinski definition) is 3. The molecule has 22 heavy (non-hydrogen) atoms. The first-order valence-electron chi connectivity index (χ1n) is 6.42. The molecule has 7 nitrogen and oxygen atoms in total. The van der Waals surface area contributed by atoms with E-state index in [2.05, 4.69) is 0 Å². The van der Waals surface area contributed by atoms with Gasteiger partial charge in [0.15, 0.2) is 0 Å². The largest absolute Gasteiger partial charge is 0.480 e. The minimum absolute atomic E-state index is 0.0641. The minimum Gasteiger partial charge on any atom is -0.480 e. The number of nitrogens with zero attached hydrogens (tertiary/aromatic N) is 1. The van der Waals surface area contributed by atoms with E-state index < -0.39 is 16.9 Å². The van der Waals surface area contributed by atoms with Crippen molar-refractivity contribution in [3.63, 3.8) is 0 Å². The summed E-state index contributed by atoms with van der Waals surface area (Å²) in [7, 11) is 0. The van der Waals surface area contributed by atoms with Gasteiger partial charge in [-0.15, -0.1) is 0 Å². The lowest BCUT2D eigenvalue weighted by Gasteiger charge is -2.04. The first kappa shape index (κ1) is 17.1. The van der Waals surface area contributed by atoms with Crippen molar-refractivity contribution in [2.45, 2.75) is 12.5 Å². The number of aliphatic carboxylic acids is 1. The molecule has 7 heteroatoms. The molecule has 0 aliphatic heterocycles. The van der Waals surface area contributed by atoms with Crippen LogP contribution in [0.25, 0.3) is 0 Å². The SMILES string of the molecule is N[C@@H](Cc1ccccc1)C(=O)O.Nc1ccc([N+](=O)[O-])cc1. The average molecular weight is 303 g/mol. The summed E-state index contributed by atoms with van der Waals surface area (Å²) in [6.45, 7) is 0. The number of carbonyl (C=O) groups is 1. The summed E-state index contributed by atoms with van der Waals surface area (Å²) in [5.74, 6) is -0.959. The van der Waals surface area contributed by atoms with Gasteiger partial charge in [-0.3, -0.25) is 14.9 Å². The topological polar surface area (TPSA) is 132 Å². The van der Waals surface area contributed by atoms with Crippen LogP contribution in [-0.4, -0.2) is 22.0 Å². The molecule has 0 unspecified atom stereocenters. The molecule has 1 atom stereocenters. The van der Waals surface area contributed by atoms with Gasteiger partial charge >= 0.3 is 5.97 Å². The van der Waals surface area contributed by atoms with Gasteiger partial charge in [-0.25, -0.2) is 0 Å². The number of hydrogen-bond acceptors (Lipinski definition) is 5. The van der Waals surface area contributed by atoms with Crippen molar-refractivity contribution < 1.29 is 14.8 Å². The normalized spacial score (nSPS) is 11.0. The maximum Gasteiger partial charge on any atom is 0.320 e. The lowest BCUT2D eigenvalue weighted by atomic mass is 10.1. The number of anilines is 1. The zero-order valence-corrected chi connectivity index (χ0v) is 11.8. The number of nitrogen functional groups attached to an aromatic ring is 1. The van der Waals surface area contributed by atoms with Crippen molar-refractivity contribution >= 4 is 17.3 Å². The molecule has 0 spiro atoms. The predicted octanol–water partition coefficient (Wildman–Crippen LogP) is 1.82. The third-order valence-electron chi connectivity index (χ3n) is 2.72. The van der Waals surface area contributed by atoms with E-state index in [9.17, 15) is 14.9 Å². The Morgan fingerprint density at radius 1 is 1.14 bits per heavy atom. The molecule has 0 aliphatic rings. The Hall–Kier alpha value is -2.93. The van der Waals surface area contributed by atoms with E-state index in [0.29, 0.717) is 12.1 Å². The summed E-state index contributed by atoms with van der Waals surface area (Å²) >= 11 is 0. The van der Waals surface area contributed by atoms with Crippen LogP contribution >= 0.6 is 0 Å². The smallest absolute Gasteiger partial charge is 0.320 e. The summed E-state index contributed by atoms with van der Waals surface area (Å²) in [6.07, 6.45) is 0.385. The fourth-order valence-electron chi connectivity index (χ4n) is 1.55. The summed E-state index contributed by atoms with van der Waals surface area (Å²) in [5, 5.41) is 18.6. The number of nitro groups is 1. The maximum atomic E-state index is 10.4. The van der Waals surface area contributed by atoms with Crippen molar-refractivity contribution in [1.82, 2.24) is 0 Å². The Labute approximate surface area is 127 Å². The number of carboxylic acids is 1. The van der Waals surface area contributed by atoms with Gasteiger partial charge in [0.05, 0.1) is 4.92 Å². The van der Waals surface area contributed by atoms with Crippen molar-refractivity contribution in [1.29, 1.82) is 0 Å². The average Bonchev–Trinajstić information content (AvgIpc) is 2.49. The molecule has 0 saturated heterocycles. The number of non-ortho nitro benzene ring substituents is 1. The molecule has 0 saturated carbocycles. The molecule has 0 heterocycles. The van der Waals surface area contributed by atoms with Crippen LogP contribution in [-0.2, 0) is 11.2 Å². The van der Waals surface area contributed by atoms with Gasteiger partial charge in [0.2, 0.25) is 0 Å². The van der Waals surface area contributed by atoms with E-state index >= 15 is 0 Å². The van der Waals surface area contributed by atoms with Gasteiger partial charge in [-0.1, -0.05) is 30.3 Å². The van der Waals surface area contributed by atoms with Gasteiger partial charge in [-0.2, -0.15) is 0 Å². The summed E-state index contributed by atoms with van der Waals surface area (Å²) in [6, 6.07) is 14.3. The summed E-state index contributed by atoms with van der Waals surface area (Å²) in [4.78, 5) is 20.0. The maximum absolute atomic E-state index is 10.4. The van der Waals surface area contributed by atoms with Crippen LogP contribution in [0.3, 0.4) is 0 Å². The highest BCUT2D eigenvalue weighted by atomic mass is 16.6. The molecule has 2 aromatic carbocycles. The minimum atomic E-state index is -0.959. The molecule has 0 aromatic heterocycles. The Morgan fingerprint density at radius 2 is 1.68 bits per heavy atom. The third kappa shape index (κ3) is 6.02. The Kier molecular flexibility index (Phi) is 6.52. The molecular weight excluding hydrogens is 286 g/mol. The van der Waals surface area contributed by atoms with Crippen LogP contribution in [0, 0.1) is 10.1 Å². The first-order valence-corrected chi connectivity index (χ1v) is 6.42. The Bertz CT molecular complexity index is 614. The molecule has 116 valence electrons. The van der Waals surface area contributed by atoms with Gasteiger partial charge in [0.25, 0.3) is 5.69 Å². The van der Waals surface area contributed by atoms with Crippen molar-refractivity contribution in [2.75, 3.05) is 5.73 Å². The second kappa shape index (κ2) is 8.38. The zero-order chi connectivity index (χ0) is 16.5. The molecule has 2 rings (SSSR count). The predicted molar refractivity (Wildman–Crippen MR) is 83.3 cm³/mol. The van der Waals surface area contributed by atoms with E-state index in [1.54, 1.807) is 0 Å². The van der Waals surface area contributed by atoms with E-state index in [-0.39, 0.29) is 5.69 Å². The van der Waals surface area contributed by atoms with Gasteiger partial charge < -0.3 is 16.6 Å². The van der Waals surface area contributed by atoms with Crippen LogP contribution in [0.5, 0.6) is 0 Å². The highest BCUT2D eigenvalue weighted by molar-refractivity contribution is 5.73. The van der Waals surface area contributed by atoms with E-state index in [1.165, 1.54) is 24.3 Å². The number of nitro benzene ring substituents is 1. The quantitative estimate of drug-likeness (QED) is 0.448. The third-order valence-corrected chi connectivity index (χ3v) is 2.72. The van der Waals surface area contributed by atoms with Crippen LogP contribution in [0.15, 0.2) is 54.6 Å². The number of rotatable bonds is 4. The Morgan fingerprint density at radius 3 is 2.14 bits per heavy atom. The molecule has 0 fully saturated rings. The lowest BCUT2D eigenvalue weighted by Crippen LogP contribution is -2.32. The van der Waals surface area contributed by atoms with Crippen molar-refractivity contribution in [3.05, 3.63) is 70.3 Å². The highest BCUT2D eigenvalue weighted by Crippen LogP contribution is 2.12. The fourth-order valence-corrected chi connectivity index (χ4v) is 1.55. The van der Waals surface area contributed by atoms with Crippen LogP contribution in [0.2, 0.25) is 0 Å². The van der Waals surface area contributed by atoms with Gasteiger partial charge in [0, 0.05) is 17.8 Å². The molecule has 5 N–H and O–H groups in total. The first-order chi connectivity index (χ1) is 10.4. The van der Waals surface area contributed by atoms with Crippen molar-refractivity contribution in [2.24, 2.45) is 5.73 Å². The molecule has 0 radical (unpaired) electrons. The highest BCUT2D eigenvalue weighted by Gasteiger charge is 2.10. The number of nitrogens with two attached hydrogens (primary N) is 2. The Balaban J connectivity index is 0.000000224. The van der Waals surface area contributed by atoms with E-state index in [0.717, 1.165) is 5.56 Å². The van der Waals surface area contributed by atoms with Crippen LogP contribution in [0.4, 0.5) is 11.4 Å². The van der Waals surface area contributed by atoms with Gasteiger partial charge in [-0.05, 0) is 24.1 Å². The van der Waals surface area contributed by atoms with Crippen molar-refractivity contribution in [3.8, 4) is 0 Å². The molecule has 2 aromatic rings. The van der Waals surface area contributed by atoms with Crippen LogP contribution < -0.4 is 11.5 Å². The molecule has 0 bridgehead atoms. The molecule has 0 aliphatic carbocycles. The summed E-state index contributed by atoms with van der Waals surface area (Å²) < 4.78 is 0. The van der Waals surface area contributed by atoms with Crippen LogP contribution in [0.1, 0.15) is 5.56 Å². The van der Waals surface area contributed by atoms with Gasteiger partial charge in [0.1, 0.15) is 6.04 Å². The number of carboxylic acid groups (broad SMARTS) is 1. The molecular formula is C15H17N3O4. The monoisotopic (exact) mass is 303 g/mol. The second-order valence-corrected chi connectivity index (χ2v) is 4.48. The lowest BCUT2D eigenvalue weighted by molar-refractivity contribution is -0.384. The molecule has 0 amide bonds. The standard InChI is InChI=1S/C9H11NO2.C6H6N2O2/c10-8(9(11)12)6-7-4-2-1-3-5-7;7-5-1-3-6(4-2-5)8(9)10/h1-5,8H,6,10H2,(H,11,12);1-4H,7H2/t8-;/m0./s1. The number of benzene rings is 2. The van der Waals surface area contributed by atoms with E-state index in [1.807, 2.05) is 30.3 Å². The van der Waals surface area contributed by atoms with E-state index in [4.69, 9.17) is 16.6 Å². The zero-order valence-electron chi connectivity index (χ0n) is 11.8. The fraction of sp³-hybridized carbons (Fsp3) is 0.133. The second-order valence-electron chi connectivity index (χ2n) is 4.48.